The summed E-state index contributed by atoms with van der Waals surface area (Å²) in [4.78, 5) is 40.5. The fraction of sp³-hybridized carbons (Fsp3) is 0.370. The SMILES string of the molecule is O=C(Cc1ccc(Br)cc1)N(Cc1cccc(-c2cccc(C(=O)N3CCC(CCCC4CCNCC4)CC3)c2)c1)Cc1cccc(-c2csnn2)c1.O=C(O)C(F)(F)F. The number of carboxylic acids is 1. The molecular formula is C46H49BrF3N5O4S. The highest BCUT2D eigenvalue weighted by Crippen LogP contribution is 2.29. The van der Waals surface area contributed by atoms with Gasteiger partial charge in [-0.15, -0.1) is 5.10 Å². The molecule has 3 heterocycles. The highest BCUT2D eigenvalue weighted by molar-refractivity contribution is 9.10. The normalized spacial score (nSPS) is 14.9. The van der Waals surface area contributed by atoms with Gasteiger partial charge in [0.25, 0.3) is 5.91 Å². The number of nitrogens with one attached hydrogen (secondary N) is 1. The van der Waals surface area contributed by atoms with Crippen molar-refractivity contribution in [2.24, 2.45) is 11.8 Å². The maximum Gasteiger partial charge on any atom is 0.490 e. The number of nitrogens with zero attached hydrogens (tertiary/aromatic N) is 4. The first kappa shape index (κ1) is 44.6. The third-order valence-corrected chi connectivity index (χ3v) is 12.2. The van der Waals surface area contributed by atoms with E-state index >= 15 is 0 Å². The van der Waals surface area contributed by atoms with E-state index in [2.05, 4.69) is 67.2 Å². The lowest BCUT2D eigenvalue weighted by Gasteiger charge is -2.32. The number of halogens is 4. The number of aromatic nitrogens is 2. The van der Waals surface area contributed by atoms with Crippen molar-refractivity contribution in [2.75, 3.05) is 26.2 Å². The van der Waals surface area contributed by atoms with E-state index in [4.69, 9.17) is 9.90 Å². The van der Waals surface area contributed by atoms with E-state index in [0.717, 1.165) is 86.9 Å². The Labute approximate surface area is 361 Å². The molecule has 0 spiro atoms. The predicted octanol–water partition coefficient (Wildman–Crippen LogP) is 10.1. The first-order chi connectivity index (χ1) is 28.9. The molecule has 0 radical (unpaired) electrons. The zero-order valence-electron chi connectivity index (χ0n) is 33.3. The van der Waals surface area contributed by atoms with Gasteiger partial charge in [0.1, 0.15) is 5.69 Å². The topological polar surface area (TPSA) is 116 Å². The lowest BCUT2D eigenvalue weighted by atomic mass is 9.87. The number of hydrogen-bond donors (Lipinski definition) is 2. The Morgan fingerprint density at radius 2 is 1.35 bits per heavy atom. The van der Waals surface area contributed by atoms with Gasteiger partial charge in [-0.1, -0.05) is 100 Å². The van der Waals surface area contributed by atoms with Gasteiger partial charge in [-0.2, -0.15) is 13.2 Å². The van der Waals surface area contributed by atoms with E-state index < -0.39 is 12.1 Å². The summed E-state index contributed by atoms with van der Waals surface area (Å²) >= 11 is 4.83. The molecule has 4 aromatic carbocycles. The highest BCUT2D eigenvalue weighted by Gasteiger charge is 2.38. The third-order valence-electron chi connectivity index (χ3n) is 11.1. The minimum atomic E-state index is -5.08. The van der Waals surface area contributed by atoms with Crippen molar-refractivity contribution in [3.63, 3.8) is 0 Å². The first-order valence-electron chi connectivity index (χ1n) is 20.3. The average Bonchev–Trinajstić information content (AvgIpc) is 3.81. The van der Waals surface area contributed by atoms with E-state index in [0.29, 0.717) is 19.5 Å². The molecule has 0 aliphatic carbocycles. The van der Waals surface area contributed by atoms with Crippen LogP contribution in [0.25, 0.3) is 22.4 Å². The summed E-state index contributed by atoms with van der Waals surface area (Å²) in [5.41, 5.74) is 7.62. The van der Waals surface area contributed by atoms with Crippen molar-refractivity contribution < 1.29 is 32.7 Å². The number of carboxylic acid groups (broad SMARTS) is 1. The summed E-state index contributed by atoms with van der Waals surface area (Å²) in [6.07, 6.45) is 4.04. The molecule has 14 heteroatoms. The molecule has 1 aromatic heterocycles. The number of piperidine rings is 2. The van der Waals surface area contributed by atoms with Crippen molar-refractivity contribution in [1.29, 1.82) is 0 Å². The standard InChI is InChI=1S/C44H48BrN5O2S.C2HF3O2/c45-41-15-13-34(14-16-41)27-43(51)50(30-36-8-3-11-39(26-36)42-31-53-48-47-42)29-35-7-2-9-37(25-35)38-10-4-12-40(28-38)44(52)49-23-19-33(20-24-49)6-1-5-32-17-21-46-22-18-32;3-2(4,5)1(6)7/h2-4,7-16,25-26,28,31-33,46H,1,5-6,17-24,27,29-30H2;(H,6,7). The predicted molar refractivity (Wildman–Crippen MR) is 231 cm³/mol. The molecule has 5 aromatic rings. The van der Waals surface area contributed by atoms with Crippen LogP contribution < -0.4 is 5.32 Å². The smallest absolute Gasteiger partial charge is 0.475 e. The maximum absolute atomic E-state index is 13.9. The van der Waals surface area contributed by atoms with Crippen molar-refractivity contribution >= 4 is 45.2 Å². The van der Waals surface area contributed by atoms with E-state index in [1.807, 2.05) is 75.8 Å². The summed E-state index contributed by atoms with van der Waals surface area (Å²) in [5, 5.41) is 16.8. The highest BCUT2D eigenvalue weighted by atomic mass is 79.9. The summed E-state index contributed by atoms with van der Waals surface area (Å²) < 4.78 is 36.7. The fourth-order valence-corrected chi connectivity index (χ4v) is 8.56. The molecule has 2 aliphatic rings. The number of amides is 2. The van der Waals surface area contributed by atoms with Gasteiger partial charge in [-0.25, -0.2) is 4.79 Å². The molecular weight excluding hydrogens is 856 g/mol. The molecule has 60 heavy (non-hydrogen) atoms. The number of hydrogen-bond acceptors (Lipinski definition) is 7. The average molecular weight is 905 g/mol. The first-order valence-corrected chi connectivity index (χ1v) is 21.9. The van der Waals surface area contributed by atoms with Crippen molar-refractivity contribution in [3.05, 3.63) is 129 Å². The molecule has 9 nitrogen and oxygen atoms in total. The number of carbonyl (C=O) groups is 3. The number of rotatable bonds is 13. The monoisotopic (exact) mass is 903 g/mol. The molecule has 316 valence electrons. The molecule has 2 fully saturated rings. The minimum absolute atomic E-state index is 0.0524. The van der Waals surface area contributed by atoms with Gasteiger partial charge in [0.2, 0.25) is 5.91 Å². The Hall–Kier alpha value is -4.92. The van der Waals surface area contributed by atoms with Crippen molar-refractivity contribution in [2.45, 2.75) is 70.6 Å². The van der Waals surface area contributed by atoms with Crippen LogP contribution in [0.1, 0.15) is 72.0 Å². The van der Waals surface area contributed by atoms with Gasteiger partial charge in [0.05, 0.1) is 6.42 Å². The zero-order chi connectivity index (χ0) is 42.5. The number of benzene rings is 4. The van der Waals surface area contributed by atoms with Crippen LogP contribution in [-0.2, 0) is 29.1 Å². The summed E-state index contributed by atoms with van der Waals surface area (Å²) in [6, 6.07) is 32.5. The largest absolute Gasteiger partial charge is 0.490 e. The van der Waals surface area contributed by atoms with Gasteiger partial charge in [-0.05, 0) is 126 Å². The third kappa shape index (κ3) is 13.3. The maximum atomic E-state index is 13.9. The Balaban J connectivity index is 0.000000793. The fourth-order valence-electron chi connectivity index (χ4n) is 7.84. The summed E-state index contributed by atoms with van der Waals surface area (Å²) in [6.45, 7) is 4.94. The Morgan fingerprint density at radius 3 is 1.95 bits per heavy atom. The minimum Gasteiger partial charge on any atom is -0.475 e. The number of alkyl halides is 3. The zero-order valence-corrected chi connectivity index (χ0v) is 35.7. The Morgan fingerprint density at radius 1 is 0.783 bits per heavy atom. The molecule has 2 saturated heterocycles. The molecule has 2 aliphatic heterocycles. The van der Waals surface area contributed by atoms with E-state index in [9.17, 15) is 22.8 Å². The van der Waals surface area contributed by atoms with E-state index in [1.165, 1.54) is 56.7 Å². The second-order valence-corrected chi connectivity index (χ2v) is 17.0. The quantitative estimate of drug-likeness (QED) is 0.121. The van der Waals surface area contributed by atoms with Crippen LogP contribution >= 0.6 is 27.5 Å². The number of aliphatic carboxylic acids is 1. The summed E-state index contributed by atoms with van der Waals surface area (Å²) in [7, 11) is 0. The molecule has 2 amide bonds. The number of carbonyl (C=O) groups excluding carboxylic acids is 2. The van der Waals surface area contributed by atoms with Crippen LogP contribution in [0.2, 0.25) is 0 Å². The van der Waals surface area contributed by atoms with Crippen LogP contribution in [0, 0.1) is 11.8 Å². The van der Waals surface area contributed by atoms with Crippen LogP contribution in [0.15, 0.2) is 107 Å². The van der Waals surface area contributed by atoms with Crippen molar-refractivity contribution in [1.82, 2.24) is 24.7 Å². The molecule has 7 rings (SSSR count). The molecule has 0 atom stereocenters. The van der Waals surface area contributed by atoms with Crippen molar-refractivity contribution in [3.8, 4) is 22.4 Å². The van der Waals surface area contributed by atoms with Crippen LogP contribution in [0.5, 0.6) is 0 Å². The van der Waals surface area contributed by atoms with Crippen LogP contribution in [0.4, 0.5) is 13.2 Å². The Kier molecular flexibility index (Phi) is 16.0. The van der Waals surface area contributed by atoms with Gasteiger partial charge < -0.3 is 20.2 Å². The van der Waals surface area contributed by atoms with Crippen LogP contribution in [0.3, 0.4) is 0 Å². The van der Waals surface area contributed by atoms with Gasteiger partial charge in [0.15, 0.2) is 0 Å². The van der Waals surface area contributed by atoms with Gasteiger partial charge in [0, 0.05) is 47.2 Å². The number of likely N-dealkylation sites (tertiary alicyclic amines) is 1. The second kappa shape index (κ2) is 21.6. The van der Waals surface area contributed by atoms with Gasteiger partial charge in [-0.3, -0.25) is 9.59 Å². The van der Waals surface area contributed by atoms with E-state index in [-0.39, 0.29) is 11.8 Å². The lowest BCUT2D eigenvalue weighted by Crippen LogP contribution is -2.38. The Bertz CT molecular complexity index is 2170. The lowest BCUT2D eigenvalue weighted by molar-refractivity contribution is -0.192. The molecule has 2 N–H and O–H groups in total. The summed E-state index contributed by atoms with van der Waals surface area (Å²) in [5.74, 6) is -0.957. The van der Waals surface area contributed by atoms with E-state index in [1.54, 1.807) is 0 Å². The second-order valence-electron chi connectivity index (χ2n) is 15.5. The van der Waals surface area contributed by atoms with Crippen LogP contribution in [-0.4, -0.2) is 74.6 Å². The molecule has 0 saturated carbocycles. The van der Waals surface area contributed by atoms with Gasteiger partial charge >= 0.3 is 12.1 Å². The molecule has 0 bridgehead atoms. The molecule has 0 unspecified atom stereocenters.